The van der Waals surface area contributed by atoms with Gasteiger partial charge in [0.05, 0.1) is 6.04 Å². The van der Waals surface area contributed by atoms with Crippen LogP contribution in [0.3, 0.4) is 0 Å². The zero-order chi connectivity index (χ0) is 22.1. The van der Waals surface area contributed by atoms with Crippen LogP contribution in [-0.2, 0) is 28.9 Å². The molecule has 0 fully saturated rings. The number of aryl methyl sites for hydroxylation is 3. The molecule has 0 aromatic carbocycles. The summed E-state index contributed by atoms with van der Waals surface area (Å²) in [5.41, 5.74) is 3.22. The Morgan fingerprint density at radius 2 is 1.93 bits per heavy atom. The number of rotatable bonds is 10. The molecule has 0 spiro atoms. The van der Waals surface area contributed by atoms with Crippen molar-refractivity contribution in [3.63, 3.8) is 0 Å². The third kappa shape index (κ3) is 7.81. The molecule has 6 heteroatoms. The van der Waals surface area contributed by atoms with Crippen LogP contribution >= 0.6 is 0 Å². The number of amides is 2. The van der Waals surface area contributed by atoms with Gasteiger partial charge in [0.2, 0.25) is 11.8 Å². The van der Waals surface area contributed by atoms with Crippen molar-refractivity contribution < 1.29 is 14.7 Å². The van der Waals surface area contributed by atoms with E-state index in [1.165, 1.54) is 24.1 Å². The van der Waals surface area contributed by atoms with E-state index in [0.29, 0.717) is 19.4 Å². The molecule has 1 aromatic heterocycles. The van der Waals surface area contributed by atoms with Crippen LogP contribution in [0.5, 0.6) is 0 Å². The second kappa shape index (κ2) is 11.1. The molecule has 2 rings (SSSR count). The molecule has 1 atom stereocenters. The summed E-state index contributed by atoms with van der Waals surface area (Å²) < 4.78 is 0. The first-order valence-electron chi connectivity index (χ1n) is 11.1. The Balaban J connectivity index is 1.64. The normalized spacial score (nSPS) is 14.5. The molecule has 1 aliphatic carbocycles. The van der Waals surface area contributed by atoms with Crippen molar-refractivity contribution in [2.24, 2.45) is 5.41 Å². The van der Waals surface area contributed by atoms with E-state index in [1.807, 2.05) is 0 Å². The highest BCUT2D eigenvalue weighted by molar-refractivity contribution is 5.81. The monoisotopic (exact) mass is 415 g/mol. The van der Waals surface area contributed by atoms with Gasteiger partial charge in [-0.15, -0.1) is 0 Å². The van der Waals surface area contributed by atoms with Gasteiger partial charge in [0.25, 0.3) is 0 Å². The van der Waals surface area contributed by atoms with Crippen LogP contribution in [0.15, 0.2) is 24.5 Å². The summed E-state index contributed by atoms with van der Waals surface area (Å²) >= 11 is 0. The number of unbranched alkanes of at least 4 members (excludes halogenated alkanes) is 1. The number of nitrogens with one attached hydrogen (secondary N) is 2. The zero-order valence-corrected chi connectivity index (χ0v) is 18.7. The Bertz CT molecular complexity index is 753. The Kier molecular flexibility index (Phi) is 8.88. The van der Waals surface area contributed by atoms with Crippen LogP contribution < -0.4 is 10.6 Å². The Labute approximate surface area is 180 Å². The number of aliphatic hydroxyl groups is 1. The first-order chi connectivity index (χ1) is 14.2. The van der Waals surface area contributed by atoms with E-state index in [2.05, 4.69) is 29.3 Å². The summed E-state index contributed by atoms with van der Waals surface area (Å²) in [6.07, 6.45) is 8.22. The largest absolute Gasteiger partial charge is 0.511 e. The van der Waals surface area contributed by atoms with Crippen LogP contribution in [-0.4, -0.2) is 34.5 Å². The molecule has 3 N–H and O–H groups in total. The molecule has 1 heterocycles. The molecule has 30 heavy (non-hydrogen) atoms. The second-order valence-corrected chi connectivity index (χ2v) is 9.23. The molecule has 0 radical (unpaired) electrons. The maximum atomic E-state index is 12.1. The molecule has 0 bridgehead atoms. The number of hydrogen-bond acceptors (Lipinski definition) is 4. The lowest BCUT2D eigenvalue weighted by molar-refractivity contribution is -0.129. The smallest absolute Gasteiger partial charge is 0.225 e. The zero-order valence-electron chi connectivity index (χ0n) is 18.7. The summed E-state index contributed by atoms with van der Waals surface area (Å²) in [6.45, 7) is 9.32. The highest BCUT2D eigenvalue weighted by atomic mass is 16.3. The summed E-state index contributed by atoms with van der Waals surface area (Å²) in [5, 5.41) is 15.4. The third-order valence-electron chi connectivity index (χ3n) is 5.47. The van der Waals surface area contributed by atoms with Gasteiger partial charge in [0, 0.05) is 29.8 Å². The van der Waals surface area contributed by atoms with Gasteiger partial charge in [0.15, 0.2) is 0 Å². The van der Waals surface area contributed by atoms with Gasteiger partial charge in [-0.1, -0.05) is 33.4 Å². The third-order valence-corrected chi connectivity index (χ3v) is 5.47. The van der Waals surface area contributed by atoms with Gasteiger partial charge >= 0.3 is 0 Å². The number of aliphatic hydroxyl groups excluding tert-OH is 1. The first kappa shape index (κ1) is 23.9. The number of carbonyl (C=O) groups is 2. The van der Waals surface area contributed by atoms with Gasteiger partial charge in [-0.3, -0.25) is 14.6 Å². The van der Waals surface area contributed by atoms with Crippen molar-refractivity contribution in [2.45, 2.75) is 84.6 Å². The number of fused-ring (bicyclic) bond motifs is 1. The highest BCUT2D eigenvalue weighted by Gasteiger charge is 2.25. The van der Waals surface area contributed by atoms with Crippen LogP contribution in [0.25, 0.3) is 0 Å². The second-order valence-electron chi connectivity index (χ2n) is 9.23. The highest BCUT2D eigenvalue weighted by Crippen LogP contribution is 2.20. The van der Waals surface area contributed by atoms with E-state index in [4.69, 9.17) is 4.98 Å². The van der Waals surface area contributed by atoms with Crippen LogP contribution in [0.1, 0.15) is 76.2 Å². The van der Waals surface area contributed by atoms with E-state index in [9.17, 15) is 14.7 Å². The fraction of sp³-hybridized carbons (Fsp3) is 0.625. The number of hydrogen-bond donors (Lipinski definition) is 3. The van der Waals surface area contributed by atoms with Gasteiger partial charge in [0.1, 0.15) is 5.76 Å². The predicted molar refractivity (Wildman–Crippen MR) is 119 cm³/mol. The lowest BCUT2D eigenvalue weighted by Crippen LogP contribution is -2.44. The van der Waals surface area contributed by atoms with Crippen molar-refractivity contribution in [2.75, 3.05) is 6.54 Å². The maximum Gasteiger partial charge on any atom is 0.225 e. The molecular weight excluding hydrogens is 378 g/mol. The number of nitrogens with zero attached hydrogens (tertiary/aromatic N) is 1. The summed E-state index contributed by atoms with van der Waals surface area (Å²) in [5.74, 6) is -0.276. The van der Waals surface area contributed by atoms with E-state index < -0.39 is 11.5 Å². The van der Waals surface area contributed by atoms with Crippen molar-refractivity contribution in [3.05, 3.63) is 41.4 Å². The van der Waals surface area contributed by atoms with Gasteiger partial charge in [-0.2, -0.15) is 0 Å². The minimum atomic E-state index is -0.563. The van der Waals surface area contributed by atoms with Crippen LogP contribution in [0.4, 0.5) is 0 Å². The van der Waals surface area contributed by atoms with E-state index in [1.54, 1.807) is 20.8 Å². The average molecular weight is 416 g/mol. The lowest BCUT2D eigenvalue weighted by atomic mass is 9.95. The summed E-state index contributed by atoms with van der Waals surface area (Å²) in [7, 11) is 0. The SMILES string of the molecule is C=C(O)C(CCNC(=O)CCCCc1ccc2c(n1)CCCC2)NC(=O)C(C)(C)C. The molecule has 6 nitrogen and oxygen atoms in total. The van der Waals surface area contributed by atoms with Crippen LogP contribution in [0, 0.1) is 5.41 Å². The topological polar surface area (TPSA) is 91.3 Å². The van der Waals surface area contributed by atoms with Crippen molar-refractivity contribution in [1.82, 2.24) is 15.6 Å². The quantitative estimate of drug-likeness (QED) is 0.401. The van der Waals surface area contributed by atoms with Gasteiger partial charge in [-0.05, 0) is 63.0 Å². The number of aromatic nitrogens is 1. The first-order valence-corrected chi connectivity index (χ1v) is 11.1. The molecule has 166 valence electrons. The summed E-state index contributed by atoms with van der Waals surface area (Å²) in [6, 6.07) is 3.78. The van der Waals surface area contributed by atoms with Gasteiger partial charge in [-0.25, -0.2) is 0 Å². The fourth-order valence-electron chi connectivity index (χ4n) is 3.50. The van der Waals surface area contributed by atoms with E-state index in [-0.39, 0.29) is 17.6 Å². The Morgan fingerprint density at radius 1 is 1.20 bits per heavy atom. The minimum Gasteiger partial charge on any atom is -0.511 e. The Hall–Kier alpha value is -2.37. The summed E-state index contributed by atoms with van der Waals surface area (Å²) in [4.78, 5) is 29.0. The number of pyridine rings is 1. The fourth-order valence-corrected chi connectivity index (χ4v) is 3.50. The molecule has 0 aliphatic heterocycles. The van der Waals surface area contributed by atoms with Gasteiger partial charge < -0.3 is 15.7 Å². The average Bonchev–Trinajstić information content (AvgIpc) is 2.69. The standard InChI is InChI=1S/C24H37N3O3/c1-17(28)20(27-23(30)24(2,3)4)15-16-25-22(29)12-8-6-10-19-14-13-18-9-5-7-11-21(18)26-19/h13-14,20,28H,1,5-12,15-16H2,2-4H3,(H,25,29)(H,27,30). The van der Waals surface area contributed by atoms with E-state index in [0.717, 1.165) is 37.8 Å². The molecular formula is C24H37N3O3. The van der Waals surface area contributed by atoms with Crippen LogP contribution in [0.2, 0.25) is 0 Å². The molecule has 0 saturated heterocycles. The van der Waals surface area contributed by atoms with Crippen molar-refractivity contribution >= 4 is 11.8 Å². The number of carbonyl (C=O) groups excluding carboxylic acids is 2. The Morgan fingerprint density at radius 3 is 2.63 bits per heavy atom. The van der Waals surface area contributed by atoms with Crippen molar-refractivity contribution in [3.8, 4) is 0 Å². The molecule has 1 unspecified atom stereocenters. The molecule has 1 aliphatic rings. The van der Waals surface area contributed by atoms with E-state index >= 15 is 0 Å². The molecule has 2 amide bonds. The van der Waals surface area contributed by atoms with Crippen molar-refractivity contribution in [1.29, 1.82) is 0 Å². The molecule has 1 aromatic rings. The predicted octanol–water partition coefficient (Wildman–Crippen LogP) is 3.78. The molecule has 0 saturated carbocycles. The lowest BCUT2D eigenvalue weighted by Gasteiger charge is -2.23. The minimum absolute atomic E-state index is 0.0159. The maximum absolute atomic E-state index is 12.1.